The molecule has 0 aliphatic carbocycles. The Balaban J connectivity index is 2.41. The van der Waals surface area contributed by atoms with E-state index in [2.05, 4.69) is 0 Å². The highest BCUT2D eigenvalue weighted by Gasteiger charge is 2.13. The van der Waals surface area contributed by atoms with E-state index in [0.717, 1.165) is 9.21 Å². The van der Waals surface area contributed by atoms with Crippen LogP contribution in [0.2, 0.25) is 4.34 Å². The van der Waals surface area contributed by atoms with Gasteiger partial charge in [0.25, 0.3) is 0 Å². The maximum absolute atomic E-state index is 11.9. The van der Waals surface area contributed by atoms with E-state index in [9.17, 15) is 9.90 Å². The van der Waals surface area contributed by atoms with E-state index in [1.165, 1.54) is 11.3 Å². The number of carbonyl (C=O) groups excluding carboxylic acids is 1. The fourth-order valence-electron chi connectivity index (χ4n) is 1.63. The van der Waals surface area contributed by atoms with E-state index in [1.54, 1.807) is 18.9 Å². The number of rotatable bonds is 6. The molecule has 0 saturated carbocycles. The van der Waals surface area contributed by atoms with Gasteiger partial charge in [0.2, 0.25) is 5.91 Å². The Morgan fingerprint density at radius 1 is 1.50 bits per heavy atom. The summed E-state index contributed by atoms with van der Waals surface area (Å²) in [5.41, 5.74) is 0. The second-order valence-corrected chi connectivity index (χ2v) is 6.30. The third-order valence-corrected chi connectivity index (χ3v) is 3.64. The number of aliphatic hydroxyl groups is 1. The summed E-state index contributed by atoms with van der Waals surface area (Å²) in [5, 5.41) is 9.23. The molecule has 1 rings (SSSR count). The predicted octanol–water partition coefficient (Wildman–Crippen LogP) is 1.67. The van der Waals surface area contributed by atoms with Crippen molar-refractivity contribution in [2.24, 2.45) is 0 Å². The first-order valence-electron chi connectivity index (χ1n) is 5.73. The molecule has 0 bridgehead atoms. The van der Waals surface area contributed by atoms with E-state index in [4.69, 9.17) is 11.6 Å². The van der Waals surface area contributed by atoms with Gasteiger partial charge in [0.15, 0.2) is 0 Å². The minimum Gasteiger partial charge on any atom is -0.392 e. The Hall–Kier alpha value is -0.620. The van der Waals surface area contributed by atoms with Crippen LogP contribution >= 0.6 is 22.9 Å². The Labute approximate surface area is 117 Å². The summed E-state index contributed by atoms with van der Waals surface area (Å²) < 4.78 is 0.733. The number of hydrogen-bond donors (Lipinski definition) is 1. The molecule has 0 fully saturated rings. The summed E-state index contributed by atoms with van der Waals surface area (Å²) in [4.78, 5) is 16.5. The summed E-state index contributed by atoms with van der Waals surface area (Å²) in [7, 11) is 3.59. The van der Waals surface area contributed by atoms with Gasteiger partial charge in [-0.05, 0) is 26.1 Å². The van der Waals surface area contributed by atoms with E-state index in [1.807, 2.05) is 24.1 Å². The highest BCUT2D eigenvalue weighted by Crippen LogP contribution is 2.22. The number of nitrogens with zero attached hydrogens (tertiary/aromatic N) is 2. The summed E-state index contributed by atoms with van der Waals surface area (Å²) in [6, 6.07) is 3.76. The van der Waals surface area contributed by atoms with Crippen LogP contribution in [0.4, 0.5) is 0 Å². The van der Waals surface area contributed by atoms with Crippen LogP contribution in [-0.4, -0.2) is 54.1 Å². The summed E-state index contributed by atoms with van der Waals surface area (Å²) in [6.07, 6.45) is -0.427. The van der Waals surface area contributed by atoms with Crippen LogP contribution in [0.3, 0.4) is 0 Å². The van der Waals surface area contributed by atoms with Crippen molar-refractivity contribution >= 4 is 28.8 Å². The van der Waals surface area contributed by atoms with Crippen molar-refractivity contribution in [3.05, 3.63) is 21.3 Å². The van der Waals surface area contributed by atoms with Crippen molar-refractivity contribution in [2.45, 2.75) is 19.6 Å². The third kappa shape index (κ3) is 5.35. The van der Waals surface area contributed by atoms with Gasteiger partial charge in [0.05, 0.1) is 23.5 Å². The number of amides is 1. The van der Waals surface area contributed by atoms with E-state index in [0.29, 0.717) is 19.6 Å². The molecule has 102 valence electrons. The highest BCUT2D eigenvalue weighted by molar-refractivity contribution is 7.16. The topological polar surface area (TPSA) is 43.8 Å². The van der Waals surface area contributed by atoms with Crippen molar-refractivity contribution in [2.75, 3.05) is 27.2 Å². The van der Waals surface area contributed by atoms with Crippen molar-refractivity contribution < 1.29 is 9.90 Å². The average molecular weight is 291 g/mol. The first kappa shape index (κ1) is 15.4. The normalized spacial score (nSPS) is 12.8. The van der Waals surface area contributed by atoms with E-state index in [-0.39, 0.29) is 5.91 Å². The molecule has 1 aromatic heterocycles. The second kappa shape index (κ2) is 7.09. The zero-order valence-electron chi connectivity index (χ0n) is 10.9. The van der Waals surface area contributed by atoms with Gasteiger partial charge in [-0.3, -0.25) is 9.69 Å². The Morgan fingerprint density at radius 2 is 2.17 bits per heavy atom. The number of thiophene rings is 1. The number of likely N-dealkylation sites (N-methyl/N-ethyl adjacent to an activating group) is 2. The molecule has 1 unspecified atom stereocenters. The molecule has 0 spiro atoms. The minimum absolute atomic E-state index is 0.0303. The van der Waals surface area contributed by atoms with Gasteiger partial charge < -0.3 is 10.0 Å². The van der Waals surface area contributed by atoms with E-state index >= 15 is 0 Å². The SMILES string of the molecule is CC(O)CN(C)CC(=O)N(C)Cc1ccc(Cl)s1. The molecule has 6 heteroatoms. The number of carbonyl (C=O) groups is 1. The smallest absolute Gasteiger partial charge is 0.236 e. The van der Waals surface area contributed by atoms with Crippen molar-refractivity contribution in [1.82, 2.24) is 9.80 Å². The van der Waals surface area contributed by atoms with Crippen molar-refractivity contribution in [3.8, 4) is 0 Å². The molecule has 1 heterocycles. The first-order chi connectivity index (χ1) is 8.38. The first-order valence-corrected chi connectivity index (χ1v) is 6.92. The molecule has 0 aliphatic rings. The molecule has 0 saturated heterocycles. The van der Waals surface area contributed by atoms with Crippen LogP contribution in [0.15, 0.2) is 12.1 Å². The molecule has 0 aromatic carbocycles. The lowest BCUT2D eigenvalue weighted by atomic mass is 10.3. The molecule has 18 heavy (non-hydrogen) atoms. The largest absolute Gasteiger partial charge is 0.392 e. The van der Waals surface area contributed by atoms with Crippen LogP contribution in [0, 0.1) is 0 Å². The maximum atomic E-state index is 11.9. The molecular formula is C12H19ClN2O2S. The number of hydrogen-bond acceptors (Lipinski definition) is 4. The Morgan fingerprint density at radius 3 is 2.67 bits per heavy atom. The zero-order valence-corrected chi connectivity index (χ0v) is 12.5. The van der Waals surface area contributed by atoms with Crippen LogP contribution < -0.4 is 0 Å². The molecule has 1 atom stereocenters. The molecule has 4 nitrogen and oxygen atoms in total. The minimum atomic E-state index is -0.427. The van der Waals surface area contributed by atoms with Crippen LogP contribution in [-0.2, 0) is 11.3 Å². The molecule has 0 radical (unpaired) electrons. The zero-order chi connectivity index (χ0) is 13.7. The monoisotopic (exact) mass is 290 g/mol. The maximum Gasteiger partial charge on any atom is 0.236 e. The van der Waals surface area contributed by atoms with Crippen LogP contribution in [0.1, 0.15) is 11.8 Å². The molecule has 1 amide bonds. The van der Waals surface area contributed by atoms with Gasteiger partial charge >= 0.3 is 0 Å². The van der Waals surface area contributed by atoms with Gasteiger partial charge in [0, 0.05) is 18.5 Å². The van der Waals surface area contributed by atoms with Crippen molar-refractivity contribution in [1.29, 1.82) is 0 Å². The van der Waals surface area contributed by atoms with Crippen LogP contribution in [0.5, 0.6) is 0 Å². The molecular weight excluding hydrogens is 272 g/mol. The summed E-state index contributed by atoms with van der Waals surface area (Å²) in [6.45, 7) is 3.07. The van der Waals surface area contributed by atoms with Crippen molar-refractivity contribution in [3.63, 3.8) is 0 Å². The van der Waals surface area contributed by atoms with Gasteiger partial charge in [0.1, 0.15) is 0 Å². The summed E-state index contributed by atoms with van der Waals surface area (Å²) in [5.74, 6) is 0.0303. The quantitative estimate of drug-likeness (QED) is 0.867. The Bertz CT molecular complexity index is 395. The molecule has 1 aromatic rings. The summed E-state index contributed by atoms with van der Waals surface area (Å²) >= 11 is 7.33. The third-order valence-electron chi connectivity index (χ3n) is 2.43. The predicted molar refractivity (Wildman–Crippen MR) is 75.0 cm³/mol. The lowest BCUT2D eigenvalue weighted by Gasteiger charge is -2.22. The fraction of sp³-hybridized carbons (Fsp3) is 0.583. The van der Waals surface area contributed by atoms with Gasteiger partial charge in [-0.25, -0.2) is 0 Å². The highest BCUT2D eigenvalue weighted by atomic mass is 35.5. The molecule has 0 aliphatic heterocycles. The standard InChI is InChI=1S/C12H19ClN2O2S/c1-9(16)6-14(2)8-12(17)15(3)7-10-4-5-11(13)18-10/h4-5,9,16H,6-8H2,1-3H3. The van der Waals surface area contributed by atoms with E-state index < -0.39 is 6.10 Å². The number of aliphatic hydroxyl groups excluding tert-OH is 1. The molecule has 1 N–H and O–H groups in total. The average Bonchev–Trinajstić information content (AvgIpc) is 2.62. The number of halogens is 1. The van der Waals surface area contributed by atoms with Gasteiger partial charge in [-0.2, -0.15) is 0 Å². The lowest BCUT2D eigenvalue weighted by molar-refractivity contribution is -0.131. The second-order valence-electron chi connectivity index (χ2n) is 4.50. The Kier molecular flexibility index (Phi) is 6.08. The fourth-order valence-corrected chi connectivity index (χ4v) is 2.77. The van der Waals surface area contributed by atoms with Crippen LogP contribution in [0.25, 0.3) is 0 Å². The lowest BCUT2D eigenvalue weighted by Crippen LogP contribution is -2.38. The van der Waals surface area contributed by atoms with Gasteiger partial charge in [-0.1, -0.05) is 11.6 Å². The van der Waals surface area contributed by atoms with Gasteiger partial charge in [-0.15, -0.1) is 11.3 Å².